The van der Waals surface area contributed by atoms with Gasteiger partial charge < -0.3 is 10.6 Å². The number of thiocarbonyl (C=S) groups is 1. The molecule has 2 heterocycles. The van der Waals surface area contributed by atoms with E-state index >= 15 is 0 Å². The van der Waals surface area contributed by atoms with Gasteiger partial charge in [0, 0.05) is 30.1 Å². The zero-order chi connectivity index (χ0) is 14.7. The minimum Gasteiger partial charge on any atom is -0.388 e. The molecule has 20 heavy (non-hydrogen) atoms. The van der Waals surface area contributed by atoms with Crippen LogP contribution in [-0.2, 0) is 6.42 Å². The molecule has 0 saturated heterocycles. The molecule has 106 valence electrons. The van der Waals surface area contributed by atoms with E-state index in [0.29, 0.717) is 22.7 Å². The molecule has 0 aromatic carbocycles. The van der Waals surface area contributed by atoms with E-state index < -0.39 is 0 Å². The van der Waals surface area contributed by atoms with Crippen LogP contribution in [0.1, 0.15) is 23.2 Å². The smallest absolute Gasteiger partial charge is 0.226 e. The van der Waals surface area contributed by atoms with Gasteiger partial charge in [-0.1, -0.05) is 18.3 Å². The van der Waals surface area contributed by atoms with Crippen LogP contribution in [0.25, 0.3) is 0 Å². The fourth-order valence-corrected chi connectivity index (χ4v) is 2.82. The summed E-state index contributed by atoms with van der Waals surface area (Å²) in [5.74, 6) is 0.664. The van der Waals surface area contributed by atoms with Crippen LogP contribution in [0.5, 0.6) is 0 Å². The molecule has 0 fully saturated rings. The van der Waals surface area contributed by atoms with E-state index in [1.807, 2.05) is 20.0 Å². The Labute approximate surface area is 128 Å². The Morgan fingerprint density at radius 2 is 2.25 bits per heavy atom. The van der Waals surface area contributed by atoms with Crippen LogP contribution in [0.15, 0.2) is 23.6 Å². The van der Waals surface area contributed by atoms with E-state index in [-0.39, 0.29) is 0 Å². The summed E-state index contributed by atoms with van der Waals surface area (Å²) in [6.07, 6.45) is 0.966. The molecule has 0 spiro atoms. The molecule has 2 rings (SSSR count). The molecule has 0 amide bonds. The number of hydrogen-bond acceptors (Lipinski definition) is 5. The molecule has 2 aromatic heterocycles. The molecular formula is C14H18N4S2. The van der Waals surface area contributed by atoms with E-state index in [4.69, 9.17) is 18.0 Å². The van der Waals surface area contributed by atoms with E-state index in [9.17, 15) is 0 Å². The van der Waals surface area contributed by atoms with Crippen LogP contribution in [0, 0.1) is 6.92 Å². The zero-order valence-corrected chi connectivity index (χ0v) is 13.5. The van der Waals surface area contributed by atoms with Crippen LogP contribution >= 0.6 is 23.6 Å². The Balaban J connectivity index is 2.19. The summed E-state index contributed by atoms with van der Waals surface area (Å²) in [4.78, 5) is 12.6. The van der Waals surface area contributed by atoms with Crippen LogP contribution in [-0.4, -0.2) is 28.0 Å². The average molecular weight is 306 g/mol. The number of thiophene rings is 1. The highest BCUT2D eigenvalue weighted by atomic mass is 32.1. The molecule has 1 atom stereocenters. The molecule has 1 unspecified atom stereocenters. The minimum atomic E-state index is 0.301. The fourth-order valence-electron chi connectivity index (χ4n) is 1.89. The van der Waals surface area contributed by atoms with Crippen molar-refractivity contribution in [3.8, 4) is 0 Å². The Kier molecular flexibility index (Phi) is 4.67. The van der Waals surface area contributed by atoms with Crippen molar-refractivity contribution in [2.45, 2.75) is 26.3 Å². The number of aromatic nitrogens is 2. The number of anilines is 1. The van der Waals surface area contributed by atoms with Crippen LogP contribution in [0.4, 0.5) is 5.95 Å². The maximum absolute atomic E-state index is 5.66. The molecule has 2 N–H and O–H groups in total. The lowest BCUT2D eigenvalue weighted by Gasteiger charge is -2.25. The topological polar surface area (TPSA) is 55.0 Å². The Morgan fingerprint density at radius 3 is 2.85 bits per heavy atom. The van der Waals surface area contributed by atoms with Crippen molar-refractivity contribution in [1.29, 1.82) is 0 Å². The van der Waals surface area contributed by atoms with E-state index in [0.717, 1.165) is 12.1 Å². The first-order chi connectivity index (χ1) is 9.47. The molecule has 4 nitrogen and oxygen atoms in total. The third-order valence-corrected chi connectivity index (χ3v) is 4.26. The predicted octanol–water partition coefficient (Wildman–Crippen LogP) is 2.55. The summed E-state index contributed by atoms with van der Waals surface area (Å²) in [7, 11) is 2.00. The molecular weight excluding hydrogens is 288 g/mol. The second-order valence-corrected chi connectivity index (χ2v) is 6.27. The van der Waals surface area contributed by atoms with E-state index in [1.165, 1.54) is 4.88 Å². The van der Waals surface area contributed by atoms with Crippen LogP contribution in [0.2, 0.25) is 0 Å². The fraction of sp³-hybridized carbons (Fsp3) is 0.357. The lowest BCUT2D eigenvalue weighted by atomic mass is 10.2. The molecule has 0 aliphatic rings. The number of nitrogens with two attached hydrogens (primary N) is 1. The second kappa shape index (κ2) is 6.28. The van der Waals surface area contributed by atoms with Crippen molar-refractivity contribution in [2.24, 2.45) is 5.73 Å². The third kappa shape index (κ3) is 3.52. The maximum Gasteiger partial charge on any atom is 0.226 e. The average Bonchev–Trinajstić information content (AvgIpc) is 2.89. The van der Waals surface area contributed by atoms with E-state index in [1.54, 1.807) is 11.3 Å². The second-order valence-electron chi connectivity index (χ2n) is 4.80. The van der Waals surface area contributed by atoms with Gasteiger partial charge in [-0.05, 0) is 31.4 Å². The van der Waals surface area contributed by atoms with Crippen molar-refractivity contribution in [3.63, 3.8) is 0 Å². The number of nitrogens with zero attached hydrogens (tertiary/aromatic N) is 3. The molecule has 0 aliphatic heterocycles. The number of rotatable bonds is 5. The summed E-state index contributed by atoms with van der Waals surface area (Å²) < 4.78 is 0. The number of hydrogen-bond donors (Lipinski definition) is 1. The van der Waals surface area contributed by atoms with Crippen LogP contribution < -0.4 is 10.6 Å². The van der Waals surface area contributed by atoms with Gasteiger partial charge in [-0.3, -0.25) is 0 Å². The SMILES string of the molecule is Cc1cc(C(N)=S)nc(N(C)C(C)Cc2cccs2)n1. The van der Waals surface area contributed by atoms with Gasteiger partial charge in [-0.15, -0.1) is 11.3 Å². The van der Waals surface area contributed by atoms with Gasteiger partial charge in [0.2, 0.25) is 5.95 Å². The minimum absolute atomic E-state index is 0.301. The molecule has 2 aromatic rings. The highest BCUT2D eigenvalue weighted by Crippen LogP contribution is 2.17. The summed E-state index contributed by atoms with van der Waals surface area (Å²) in [6, 6.07) is 6.33. The first-order valence-electron chi connectivity index (χ1n) is 6.38. The predicted molar refractivity (Wildman–Crippen MR) is 88.5 cm³/mol. The zero-order valence-electron chi connectivity index (χ0n) is 11.8. The van der Waals surface area contributed by atoms with Gasteiger partial charge in [0.15, 0.2) is 0 Å². The summed E-state index contributed by atoms with van der Waals surface area (Å²) in [6.45, 7) is 4.08. The summed E-state index contributed by atoms with van der Waals surface area (Å²) >= 11 is 6.76. The lowest BCUT2D eigenvalue weighted by molar-refractivity contribution is 0.669. The van der Waals surface area contributed by atoms with Crippen LogP contribution in [0.3, 0.4) is 0 Å². The highest BCUT2D eigenvalue weighted by molar-refractivity contribution is 7.80. The quantitative estimate of drug-likeness (QED) is 0.860. The first-order valence-corrected chi connectivity index (χ1v) is 7.67. The third-order valence-electron chi connectivity index (χ3n) is 3.15. The monoisotopic (exact) mass is 306 g/mol. The Hall–Kier alpha value is -1.53. The molecule has 0 bridgehead atoms. The standard InChI is InChI=1S/C14H18N4S2/c1-9-7-12(13(15)19)17-14(16-9)18(3)10(2)8-11-5-4-6-20-11/h4-7,10H,8H2,1-3H3,(H2,15,19). The van der Waals surface area contributed by atoms with Gasteiger partial charge in [0.1, 0.15) is 10.7 Å². The van der Waals surface area contributed by atoms with Gasteiger partial charge in [0.25, 0.3) is 0 Å². The normalized spacial score (nSPS) is 12.2. The number of aryl methyl sites for hydroxylation is 1. The molecule has 6 heteroatoms. The van der Waals surface area contributed by atoms with Gasteiger partial charge in [0.05, 0.1) is 0 Å². The maximum atomic E-state index is 5.66. The Bertz CT molecular complexity index is 595. The van der Waals surface area contributed by atoms with Gasteiger partial charge >= 0.3 is 0 Å². The Morgan fingerprint density at radius 1 is 1.50 bits per heavy atom. The lowest BCUT2D eigenvalue weighted by Crippen LogP contribution is -2.32. The molecule has 0 saturated carbocycles. The van der Waals surface area contributed by atoms with E-state index in [2.05, 4.69) is 39.3 Å². The summed E-state index contributed by atoms with van der Waals surface area (Å²) in [5.41, 5.74) is 7.15. The largest absolute Gasteiger partial charge is 0.388 e. The first kappa shape index (κ1) is 14.9. The van der Waals surface area contributed by atoms with Gasteiger partial charge in [-0.2, -0.15) is 0 Å². The van der Waals surface area contributed by atoms with Crippen molar-refractivity contribution >= 4 is 34.5 Å². The van der Waals surface area contributed by atoms with Gasteiger partial charge in [-0.25, -0.2) is 9.97 Å². The molecule has 0 radical (unpaired) electrons. The summed E-state index contributed by atoms with van der Waals surface area (Å²) in [5, 5.41) is 2.09. The molecule has 0 aliphatic carbocycles. The van der Waals surface area contributed by atoms with Crippen molar-refractivity contribution < 1.29 is 0 Å². The van der Waals surface area contributed by atoms with Crippen molar-refractivity contribution in [3.05, 3.63) is 39.8 Å². The number of likely N-dealkylation sites (N-methyl/N-ethyl adjacent to an activating group) is 1. The van der Waals surface area contributed by atoms with Crippen molar-refractivity contribution in [2.75, 3.05) is 11.9 Å². The van der Waals surface area contributed by atoms with Crippen molar-refractivity contribution in [1.82, 2.24) is 9.97 Å². The highest BCUT2D eigenvalue weighted by Gasteiger charge is 2.15.